The zero-order valence-corrected chi connectivity index (χ0v) is 19.8. The highest BCUT2D eigenvalue weighted by molar-refractivity contribution is 7.98. The standard InChI is InChI=1S/C23H30ClN5O2S/c24-20-16-21(29-8-2-1-3-9-29)27-23(26-20)32-17-18-5-4-6-19(15-18)22(30)25-7-10-28-11-13-31-14-12-28/h4-6,15-16H,1-3,7-14,17H2,(H,25,30). The van der Waals surface area contributed by atoms with Gasteiger partial charge in [-0.3, -0.25) is 9.69 Å². The summed E-state index contributed by atoms with van der Waals surface area (Å²) in [5, 5.41) is 4.16. The third-order valence-electron chi connectivity index (χ3n) is 5.72. The number of piperidine rings is 1. The lowest BCUT2D eigenvalue weighted by Gasteiger charge is -2.27. The maximum absolute atomic E-state index is 12.6. The molecule has 1 aromatic carbocycles. The van der Waals surface area contributed by atoms with Crippen LogP contribution in [0.4, 0.5) is 5.82 Å². The number of morpholine rings is 1. The molecule has 7 nitrogen and oxygen atoms in total. The Bertz CT molecular complexity index is 904. The number of ether oxygens (including phenoxy) is 1. The summed E-state index contributed by atoms with van der Waals surface area (Å²) in [7, 11) is 0. The first kappa shape index (κ1) is 23.3. The summed E-state index contributed by atoms with van der Waals surface area (Å²) in [5.41, 5.74) is 1.73. The number of nitrogens with zero attached hydrogens (tertiary/aromatic N) is 4. The lowest BCUT2D eigenvalue weighted by molar-refractivity contribution is 0.0383. The van der Waals surface area contributed by atoms with Gasteiger partial charge in [0.25, 0.3) is 5.91 Å². The van der Waals surface area contributed by atoms with Crippen molar-refractivity contribution in [2.45, 2.75) is 30.2 Å². The maximum atomic E-state index is 12.6. The summed E-state index contributed by atoms with van der Waals surface area (Å²) < 4.78 is 5.36. The number of hydrogen-bond acceptors (Lipinski definition) is 7. The lowest BCUT2D eigenvalue weighted by atomic mass is 10.1. The number of nitrogens with one attached hydrogen (secondary N) is 1. The van der Waals surface area contributed by atoms with E-state index in [1.807, 2.05) is 30.3 Å². The molecule has 0 unspecified atom stereocenters. The fourth-order valence-corrected chi connectivity index (χ4v) is 4.96. The number of amides is 1. The normalized spacial score (nSPS) is 17.3. The summed E-state index contributed by atoms with van der Waals surface area (Å²) in [6, 6.07) is 9.58. The van der Waals surface area contributed by atoms with Crippen LogP contribution in [0, 0.1) is 0 Å². The second-order valence-electron chi connectivity index (χ2n) is 8.08. The SMILES string of the molecule is O=C(NCCN1CCOCC1)c1cccc(CSc2nc(Cl)cc(N3CCCCC3)n2)c1. The van der Waals surface area contributed by atoms with Gasteiger partial charge in [-0.1, -0.05) is 35.5 Å². The topological polar surface area (TPSA) is 70.6 Å². The minimum absolute atomic E-state index is 0.0449. The molecule has 1 aromatic heterocycles. The molecule has 9 heteroatoms. The summed E-state index contributed by atoms with van der Waals surface area (Å²) >= 11 is 7.81. The smallest absolute Gasteiger partial charge is 0.251 e. The predicted octanol–water partition coefficient (Wildman–Crippen LogP) is 3.47. The molecule has 0 spiro atoms. The first-order chi connectivity index (χ1) is 15.7. The van der Waals surface area contributed by atoms with Crippen LogP contribution in [0.25, 0.3) is 0 Å². The van der Waals surface area contributed by atoms with Crippen molar-refractivity contribution in [3.63, 3.8) is 0 Å². The van der Waals surface area contributed by atoms with E-state index in [1.165, 1.54) is 31.0 Å². The summed E-state index contributed by atoms with van der Waals surface area (Å²) in [5.74, 6) is 1.53. The Morgan fingerprint density at radius 2 is 1.91 bits per heavy atom. The van der Waals surface area contributed by atoms with Gasteiger partial charge in [0.1, 0.15) is 11.0 Å². The van der Waals surface area contributed by atoms with Crippen LogP contribution in [0.5, 0.6) is 0 Å². The second kappa shape index (κ2) is 11.8. The average Bonchev–Trinajstić information content (AvgIpc) is 2.84. The van der Waals surface area contributed by atoms with Crippen molar-refractivity contribution < 1.29 is 9.53 Å². The Balaban J connectivity index is 1.30. The van der Waals surface area contributed by atoms with Gasteiger partial charge in [0.2, 0.25) is 0 Å². The number of thioether (sulfide) groups is 1. The highest BCUT2D eigenvalue weighted by Crippen LogP contribution is 2.26. The average molecular weight is 476 g/mol. The minimum atomic E-state index is -0.0449. The van der Waals surface area contributed by atoms with Crippen LogP contribution >= 0.6 is 23.4 Å². The van der Waals surface area contributed by atoms with E-state index in [-0.39, 0.29) is 5.91 Å². The zero-order valence-electron chi connectivity index (χ0n) is 18.3. The van der Waals surface area contributed by atoms with E-state index in [4.69, 9.17) is 21.3 Å². The number of anilines is 1. The molecule has 0 atom stereocenters. The number of rotatable bonds is 8. The first-order valence-corrected chi connectivity index (χ1v) is 12.6. The molecule has 3 heterocycles. The van der Waals surface area contributed by atoms with Crippen LogP contribution in [0.3, 0.4) is 0 Å². The molecular weight excluding hydrogens is 446 g/mol. The van der Waals surface area contributed by atoms with Crippen LogP contribution in [0.1, 0.15) is 35.2 Å². The molecule has 2 aliphatic rings. The van der Waals surface area contributed by atoms with Crippen molar-refractivity contribution in [2.75, 3.05) is 57.4 Å². The zero-order chi connectivity index (χ0) is 22.2. The van der Waals surface area contributed by atoms with Crippen molar-refractivity contribution in [1.82, 2.24) is 20.2 Å². The van der Waals surface area contributed by atoms with E-state index >= 15 is 0 Å². The van der Waals surface area contributed by atoms with Crippen LogP contribution in [-0.4, -0.2) is 73.3 Å². The van der Waals surface area contributed by atoms with Crippen molar-refractivity contribution in [3.8, 4) is 0 Å². The Morgan fingerprint density at radius 3 is 2.72 bits per heavy atom. The van der Waals surface area contributed by atoms with Gasteiger partial charge in [-0.25, -0.2) is 9.97 Å². The van der Waals surface area contributed by atoms with Crippen LogP contribution in [0.2, 0.25) is 5.15 Å². The van der Waals surface area contributed by atoms with E-state index in [9.17, 15) is 4.79 Å². The van der Waals surface area contributed by atoms with Crippen molar-refractivity contribution in [3.05, 3.63) is 46.6 Å². The number of hydrogen-bond donors (Lipinski definition) is 1. The molecule has 0 radical (unpaired) electrons. The van der Waals surface area contributed by atoms with Gasteiger partial charge in [-0.2, -0.15) is 0 Å². The van der Waals surface area contributed by atoms with Gasteiger partial charge in [0, 0.05) is 56.7 Å². The molecule has 0 saturated carbocycles. The highest BCUT2D eigenvalue weighted by Gasteiger charge is 2.15. The molecule has 2 fully saturated rings. The van der Waals surface area contributed by atoms with E-state index in [2.05, 4.69) is 20.1 Å². The molecule has 0 aliphatic carbocycles. The number of carbonyl (C=O) groups excluding carboxylic acids is 1. The van der Waals surface area contributed by atoms with Crippen molar-refractivity contribution in [2.24, 2.45) is 0 Å². The largest absolute Gasteiger partial charge is 0.379 e. The summed E-state index contributed by atoms with van der Waals surface area (Å²) in [6.45, 7) is 6.89. The molecular formula is C23H30ClN5O2S. The lowest BCUT2D eigenvalue weighted by Crippen LogP contribution is -2.41. The van der Waals surface area contributed by atoms with Crippen LogP contribution < -0.4 is 10.2 Å². The van der Waals surface area contributed by atoms with Gasteiger partial charge in [-0.05, 0) is 37.0 Å². The Morgan fingerprint density at radius 1 is 1.09 bits per heavy atom. The number of aromatic nitrogens is 2. The fraction of sp³-hybridized carbons (Fsp3) is 0.522. The maximum Gasteiger partial charge on any atom is 0.251 e. The third-order valence-corrected chi connectivity index (χ3v) is 6.83. The van der Waals surface area contributed by atoms with Crippen LogP contribution in [0.15, 0.2) is 35.5 Å². The molecule has 1 amide bonds. The van der Waals surface area contributed by atoms with Crippen LogP contribution in [-0.2, 0) is 10.5 Å². The quantitative estimate of drug-likeness (QED) is 0.356. The Hall–Kier alpha value is -1.87. The van der Waals surface area contributed by atoms with Gasteiger partial charge in [-0.15, -0.1) is 0 Å². The van der Waals surface area contributed by atoms with E-state index < -0.39 is 0 Å². The van der Waals surface area contributed by atoms with E-state index in [0.29, 0.717) is 28.2 Å². The Labute approximate surface area is 198 Å². The molecule has 4 rings (SSSR count). The third kappa shape index (κ3) is 6.81. The predicted molar refractivity (Wildman–Crippen MR) is 129 cm³/mol. The van der Waals surface area contributed by atoms with Crippen molar-refractivity contribution >= 4 is 35.1 Å². The summed E-state index contributed by atoms with van der Waals surface area (Å²) in [6.07, 6.45) is 3.64. The number of carbonyl (C=O) groups is 1. The minimum Gasteiger partial charge on any atom is -0.379 e. The molecule has 0 bridgehead atoms. The van der Waals surface area contributed by atoms with E-state index in [0.717, 1.165) is 57.3 Å². The summed E-state index contributed by atoms with van der Waals surface area (Å²) in [4.78, 5) is 26.3. The monoisotopic (exact) mass is 475 g/mol. The fourth-order valence-electron chi connectivity index (χ4n) is 3.94. The van der Waals surface area contributed by atoms with Gasteiger partial charge < -0.3 is 15.0 Å². The molecule has 172 valence electrons. The van der Waals surface area contributed by atoms with Gasteiger partial charge in [0.15, 0.2) is 5.16 Å². The molecule has 1 N–H and O–H groups in total. The second-order valence-corrected chi connectivity index (χ2v) is 9.41. The molecule has 2 saturated heterocycles. The van der Waals surface area contributed by atoms with Gasteiger partial charge >= 0.3 is 0 Å². The number of benzene rings is 1. The Kier molecular flexibility index (Phi) is 8.62. The first-order valence-electron chi connectivity index (χ1n) is 11.3. The number of halogens is 1. The molecule has 2 aliphatic heterocycles. The van der Waals surface area contributed by atoms with Gasteiger partial charge in [0.05, 0.1) is 13.2 Å². The van der Waals surface area contributed by atoms with Crippen molar-refractivity contribution in [1.29, 1.82) is 0 Å². The molecule has 2 aromatic rings. The highest BCUT2D eigenvalue weighted by atomic mass is 35.5. The van der Waals surface area contributed by atoms with E-state index in [1.54, 1.807) is 0 Å². The molecule has 32 heavy (non-hydrogen) atoms.